The Balaban J connectivity index is 0. The van der Waals surface area contributed by atoms with Crippen LogP contribution in [0.15, 0.2) is 33.8 Å². The molecule has 156 valence electrons. The Hall–Kier alpha value is -2.76. The first kappa shape index (κ1) is 27.5. The number of ketones is 2. The van der Waals surface area contributed by atoms with Crippen molar-refractivity contribution >= 4 is 18.0 Å². The highest BCUT2D eigenvalue weighted by Crippen LogP contribution is 2.29. The van der Waals surface area contributed by atoms with E-state index >= 15 is 0 Å². The summed E-state index contributed by atoms with van der Waals surface area (Å²) >= 11 is 0. The van der Waals surface area contributed by atoms with E-state index in [1.807, 2.05) is 48.5 Å². The number of carbonyl (C=O) groups excluding carboxylic acids is 3. The van der Waals surface area contributed by atoms with Crippen molar-refractivity contribution in [3.05, 3.63) is 56.2 Å². The van der Waals surface area contributed by atoms with Crippen LogP contribution in [0.4, 0.5) is 0 Å². The van der Waals surface area contributed by atoms with Crippen molar-refractivity contribution < 1.29 is 14.4 Å². The smallest absolute Gasteiger partial charge is 0.248 e. The molecule has 0 atom stereocenters. The van der Waals surface area contributed by atoms with Crippen molar-refractivity contribution in [3.63, 3.8) is 0 Å². The minimum absolute atomic E-state index is 0.0765. The highest BCUT2D eigenvalue weighted by molar-refractivity contribution is 6.28. The van der Waals surface area contributed by atoms with Gasteiger partial charge in [-0.2, -0.15) is 0 Å². The molecule has 1 aromatic heterocycles. The molecule has 1 aromatic rings. The fourth-order valence-electron chi connectivity index (χ4n) is 2.61. The molecule has 28 heavy (non-hydrogen) atoms. The average molecular weight is 391 g/mol. The minimum atomic E-state index is -0.568. The number of hydrogen-bond acceptors (Lipinski definition) is 4. The third-order valence-electron chi connectivity index (χ3n) is 3.51. The van der Waals surface area contributed by atoms with Crippen molar-refractivity contribution in [2.45, 2.75) is 68.7 Å². The minimum Gasteiger partial charge on any atom is -0.325 e. The summed E-state index contributed by atoms with van der Waals surface area (Å²) in [6.45, 7) is 17.2. The van der Waals surface area contributed by atoms with Crippen LogP contribution in [0, 0.1) is 6.92 Å². The molecule has 1 heterocycles. The molecule has 2 N–H and O–H groups in total. The summed E-state index contributed by atoms with van der Waals surface area (Å²) in [5.74, 6) is -0.948. The predicted octanol–water partition coefficient (Wildman–Crippen LogP) is 4.50. The van der Waals surface area contributed by atoms with Crippen LogP contribution in [-0.4, -0.2) is 23.0 Å². The summed E-state index contributed by atoms with van der Waals surface area (Å²) in [6.07, 6.45) is 2.83. The second-order valence-corrected chi connectivity index (χ2v) is 5.03. The molecule has 1 aliphatic rings. The predicted molar refractivity (Wildman–Crippen MR) is 115 cm³/mol. The third kappa shape index (κ3) is 6.15. The lowest BCUT2D eigenvalue weighted by atomic mass is 9.84. The number of aryl methyl sites for hydroxylation is 1. The van der Waals surface area contributed by atoms with E-state index in [4.69, 9.17) is 0 Å². The lowest BCUT2D eigenvalue weighted by molar-refractivity contribution is -0.108. The van der Waals surface area contributed by atoms with Crippen molar-refractivity contribution in [1.82, 2.24) is 10.3 Å². The standard InChI is InChI=1S/C16H16N2O4.3C2H6/c1-4-5-8(2)11-13(17-7-19)16(22)14-12(15(11)21)9(3)6-10(20)18-14;3*1-2/h5-7H,4H2,1-3H3,(H,17,19)(H,18,20);3*1-2H3/b8-5-;;;. The Labute approximate surface area is 168 Å². The molecular weight excluding hydrogens is 356 g/mol. The Morgan fingerprint density at radius 3 is 2.04 bits per heavy atom. The van der Waals surface area contributed by atoms with Gasteiger partial charge in [0.2, 0.25) is 17.8 Å². The van der Waals surface area contributed by atoms with E-state index < -0.39 is 11.3 Å². The van der Waals surface area contributed by atoms with E-state index in [9.17, 15) is 19.2 Å². The van der Waals surface area contributed by atoms with Crippen LogP contribution < -0.4 is 10.9 Å². The molecule has 0 aliphatic heterocycles. The zero-order chi connectivity index (χ0) is 22.4. The molecule has 0 bridgehead atoms. The van der Waals surface area contributed by atoms with Gasteiger partial charge in [-0.05, 0) is 31.4 Å². The molecule has 0 radical (unpaired) electrons. The summed E-state index contributed by atoms with van der Waals surface area (Å²) < 4.78 is 0. The number of Topliss-reactive ketones (excluding diaryl/α,β-unsaturated/α-hetero) is 2. The number of aromatic nitrogens is 1. The molecule has 0 aromatic carbocycles. The number of nitrogens with one attached hydrogen (secondary N) is 2. The molecule has 0 fully saturated rings. The number of aromatic amines is 1. The van der Waals surface area contributed by atoms with Crippen LogP contribution in [0.25, 0.3) is 0 Å². The fourth-order valence-corrected chi connectivity index (χ4v) is 2.61. The molecule has 0 saturated carbocycles. The summed E-state index contributed by atoms with van der Waals surface area (Å²) in [5, 5.41) is 2.30. The first-order valence-electron chi connectivity index (χ1n) is 9.87. The SMILES string of the molecule is CC.CC.CC.CC/C=C(/C)C1=C(NC=O)C(=O)c2[nH]c(=O)cc(C)c2C1=O. The van der Waals surface area contributed by atoms with Gasteiger partial charge in [0.25, 0.3) is 0 Å². The van der Waals surface area contributed by atoms with E-state index in [1.165, 1.54) is 6.07 Å². The number of carbonyl (C=O) groups is 3. The fraction of sp³-hybridized carbons (Fsp3) is 0.455. The summed E-state index contributed by atoms with van der Waals surface area (Å²) in [6, 6.07) is 1.28. The maximum atomic E-state index is 12.8. The summed E-state index contributed by atoms with van der Waals surface area (Å²) in [7, 11) is 0. The van der Waals surface area contributed by atoms with Gasteiger partial charge < -0.3 is 10.3 Å². The van der Waals surface area contributed by atoms with Crippen LogP contribution in [0.1, 0.15) is 88.2 Å². The first-order chi connectivity index (χ1) is 13.4. The largest absolute Gasteiger partial charge is 0.325 e. The van der Waals surface area contributed by atoms with E-state index in [-0.39, 0.29) is 28.3 Å². The van der Waals surface area contributed by atoms with E-state index in [2.05, 4.69) is 10.3 Å². The molecular formula is C22H34N2O4. The van der Waals surface area contributed by atoms with E-state index in [1.54, 1.807) is 19.9 Å². The van der Waals surface area contributed by atoms with Gasteiger partial charge in [-0.25, -0.2) is 0 Å². The van der Waals surface area contributed by atoms with Crippen LogP contribution in [0.2, 0.25) is 0 Å². The first-order valence-corrected chi connectivity index (χ1v) is 9.87. The number of amides is 1. The van der Waals surface area contributed by atoms with Gasteiger partial charge in [-0.15, -0.1) is 0 Å². The summed E-state index contributed by atoms with van der Waals surface area (Å²) in [4.78, 5) is 50.1. The van der Waals surface area contributed by atoms with Crippen molar-refractivity contribution in [2.24, 2.45) is 0 Å². The van der Waals surface area contributed by atoms with Crippen molar-refractivity contribution in [1.29, 1.82) is 0 Å². The second kappa shape index (κ2) is 14.3. The molecule has 0 saturated heterocycles. The van der Waals surface area contributed by atoms with Gasteiger partial charge >= 0.3 is 0 Å². The maximum Gasteiger partial charge on any atom is 0.248 e. The normalized spacial score (nSPS) is 12.4. The zero-order valence-corrected chi connectivity index (χ0v) is 18.6. The highest BCUT2D eigenvalue weighted by Gasteiger charge is 2.34. The zero-order valence-electron chi connectivity index (χ0n) is 18.6. The molecule has 0 unspecified atom stereocenters. The van der Waals surface area contributed by atoms with Crippen LogP contribution in [0.5, 0.6) is 0 Å². The lowest BCUT2D eigenvalue weighted by Gasteiger charge is -2.21. The quantitative estimate of drug-likeness (QED) is 0.740. The number of hydrogen-bond donors (Lipinski definition) is 2. The van der Waals surface area contributed by atoms with Gasteiger partial charge in [0.15, 0.2) is 5.78 Å². The lowest BCUT2D eigenvalue weighted by Crippen LogP contribution is -2.33. The molecule has 6 nitrogen and oxygen atoms in total. The monoisotopic (exact) mass is 390 g/mol. The Morgan fingerprint density at radius 1 is 1.04 bits per heavy atom. The Morgan fingerprint density at radius 2 is 1.57 bits per heavy atom. The van der Waals surface area contributed by atoms with Crippen molar-refractivity contribution in [2.75, 3.05) is 0 Å². The number of pyridine rings is 1. The topological polar surface area (TPSA) is 96.1 Å². The van der Waals surface area contributed by atoms with Gasteiger partial charge in [0, 0.05) is 6.07 Å². The molecule has 6 heteroatoms. The van der Waals surface area contributed by atoms with Gasteiger partial charge in [0.1, 0.15) is 11.4 Å². The second-order valence-electron chi connectivity index (χ2n) is 5.03. The number of fused-ring (bicyclic) bond motifs is 1. The maximum absolute atomic E-state index is 12.8. The van der Waals surface area contributed by atoms with Crippen LogP contribution in [0.3, 0.4) is 0 Å². The van der Waals surface area contributed by atoms with Crippen LogP contribution >= 0.6 is 0 Å². The van der Waals surface area contributed by atoms with E-state index in [0.717, 1.165) is 0 Å². The number of rotatable bonds is 4. The van der Waals surface area contributed by atoms with Gasteiger partial charge in [-0.1, -0.05) is 54.5 Å². The molecule has 1 aliphatic carbocycles. The number of H-pyrrole nitrogens is 1. The van der Waals surface area contributed by atoms with Gasteiger partial charge in [-0.3, -0.25) is 19.2 Å². The molecule has 1 amide bonds. The van der Waals surface area contributed by atoms with E-state index in [0.29, 0.717) is 24.0 Å². The Kier molecular flexibility index (Phi) is 14.0. The molecule has 2 rings (SSSR count). The van der Waals surface area contributed by atoms with Gasteiger partial charge in [0.05, 0.1) is 11.1 Å². The third-order valence-corrected chi connectivity index (χ3v) is 3.51. The average Bonchev–Trinajstić information content (AvgIpc) is 2.70. The number of allylic oxidation sites excluding steroid dienone is 4. The molecule has 0 spiro atoms. The summed E-state index contributed by atoms with van der Waals surface area (Å²) in [5.41, 5.74) is 0.752. The highest BCUT2D eigenvalue weighted by atomic mass is 16.2. The Bertz CT molecular complexity index is 799. The van der Waals surface area contributed by atoms with Crippen LogP contribution in [-0.2, 0) is 4.79 Å². The van der Waals surface area contributed by atoms with Crippen molar-refractivity contribution in [3.8, 4) is 0 Å².